The molecule has 3 nitrogen and oxygen atoms in total. The molecular formula is C36H34F3N3. The van der Waals surface area contributed by atoms with Crippen molar-refractivity contribution >= 4 is 11.4 Å². The van der Waals surface area contributed by atoms with E-state index < -0.39 is 5.82 Å². The average molecular weight is 566 g/mol. The van der Waals surface area contributed by atoms with Gasteiger partial charge >= 0.3 is 0 Å². The van der Waals surface area contributed by atoms with Crippen LogP contribution in [0.1, 0.15) is 48.4 Å². The number of hydrogen-bond donors (Lipinski definition) is 1. The van der Waals surface area contributed by atoms with Crippen molar-refractivity contribution in [3.63, 3.8) is 0 Å². The SMILES string of the molecule is Cc1cccc(C)c1NC(C)c1cccc(C(C)N(C)c2c(F)cc(-c3ccc(F)cc3)cc2-c2ccc(F)cc2)n1. The Balaban J connectivity index is 1.51. The molecule has 2 unspecified atom stereocenters. The van der Waals surface area contributed by atoms with Gasteiger partial charge in [0.25, 0.3) is 0 Å². The second-order valence-electron chi connectivity index (χ2n) is 10.8. The predicted octanol–water partition coefficient (Wildman–Crippen LogP) is 9.82. The molecule has 6 heteroatoms. The van der Waals surface area contributed by atoms with Crippen molar-refractivity contribution in [1.82, 2.24) is 4.98 Å². The highest BCUT2D eigenvalue weighted by atomic mass is 19.1. The van der Waals surface area contributed by atoms with Gasteiger partial charge in [-0.3, -0.25) is 4.98 Å². The molecule has 0 saturated heterocycles. The molecule has 0 radical (unpaired) electrons. The molecule has 0 amide bonds. The summed E-state index contributed by atoms with van der Waals surface area (Å²) in [5.74, 6) is -1.18. The highest BCUT2D eigenvalue weighted by Gasteiger charge is 2.23. The number of aryl methyl sites for hydroxylation is 2. The monoisotopic (exact) mass is 565 g/mol. The van der Waals surface area contributed by atoms with Crippen LogP contribution in [0.5, 0.6) is 0 Å². The molecule has 1 heterocycles. The van der Waals surface area contributed by atoms with E-state index in [0.717, 1.165) is 17.1 Å². The minimum Gasteiger partial charge on any atom is -0.377 e. The fourth-order valence-electron chi connectivity index (χ4n) is 5.28. The zero-order valence-corrected chi connectivity index (χ0v) is 24.4. The molecule has 0 aliphatic carbocycles. The number of benzene rings is 4. The number of rotatable bonds is 8. The normalized spacial score (nSPS) is 12.6. The topological polar surface area (TPSA) is 28.2 Å². The number of hydrogen-bond acceptors (Lipinski definition) is 3. The zero-order valence-electron chi connectivity index (χ0n) is 24.4. The second-order valence-corrected chi connectivity index (χ2v) is 10.8. The summed E-state index contributed by atoms with van der Waals surface area (Å²) in [6, 6.07) is 27.0. The summed E-state index contributed by atoms with van der Waals surface area (Å²) in [7, 11) is 1.83. The van der Waals surface area contributed by atoms with Gasteiger partial charge in [0.2, 0.25) is 0 Å². The van der Waals surface area contributed by atoms with Crippen LogP contribution in [0.25, 0.3) is 22.3 Å². The molecule has 42 heavy (non-hydrogen) atoms. The van der Waals surface area contributed by atoms with Crippen LogP contribution in [-0.2, 0) is 0 Å². The van der Waals surface area contributed by atoms with E-state index >= 15 is 4.39 Å². The molecule has 0 saturated carbocycles. The first-order valence-corrected chi connectivity index (χ1v) is 14.0. The minimum atomic E-state index is -0.438. The quantitative estimate of drug-likeness (QED) is 0.203. The van der Waals surface area contributed by atoms with E-state index in [1.54, 1.807) is 24.3 Å². The van der Waals surface area contributed by atoms with Crippen molar-refractivity contribution in [2.24, 2.45) is 0 Å². The largest absolute Gasteiger partial charge is 0.377 e. The molecule has 1 N–H and O–H groups in total. The maximum Gasteiger partial charge on any atom is 0.147 e. The van der Waals surface area contributed by atoms with E-state index in [9.17, 15) is 8.78 Å². The molecule has 0 fully saturated rings. The Labute approximate surface area is 245 Å². The van der Waals surface area contributed by atoms with Gasteiger partial charge in [-0.25, -0.2) is 13.2 Å². The lowest BCUT2D eigenvalue weighted by atomic mass is 9.95. The van der Waals surface area contributed by atoms with E-state index in [2.05, 4.69) is 38.2 Å². The third-order valence-corrected chi connectivity index (χ3v) is 7.84. The summed E-state index contributed by atoms with van der Waals surface area (Å²) >= 11 is 0. The smallest absolute Gasteiger partial charge is 0.147 e. The molecule has 5 aromatic rings. The van der Waals surface area contributed by atoms with Crippen molar-refractivity contribution in [3.05, 3.63) is 137 Å². The van der Waals surface area contributed by atoms with E-state index in [0.29, 0.717) is 27.9 Å². The first-order chi connectivity index (χ1) is 20.1. The fraction of sp³-hybridized carbons (Fsp3) is 0.194. The Kier molecular flexibility index (Phi) is 8.34. The molecule has 1 aromatic heterocycles. The van der Waals surface area contributed by atoms with Gasteiger partial charge in [-0.05, 0) is 104 Å². The van der Waals surface area contributed by atoms with Crippen LogP contribution >= 0.6 is 0 Å². The minimum absolute atomic E-state index is 0.0521. The fourth-order valence-corrected chi connectivity index (χ4v) is 5.28. The van der Waals surface area contributed by atoms with Crippen molar-refractivity contribution < 1.29 is 13.2 Å². The molecular weight excluding hydrogens is 531 g/mol. The van der Waals surface area contributed by atoms with Crippen LogP contribution in [0.15, 0.2) is 97.1 Å². The molecule has 2 atom stereocenters. The van der Waals surface area contributed by atoms with Gasteiger partial charge < -0.3 is 10.2 Å². The maximum atomic E-state index is 16.1. The molecule has 0 aliphatic rings. The Morgan fingerprint density at radius 2 is 1.21 bits per heavy atom. The van der Waals surface area contributed by atoms with Crippen molar-refractivity contribution in [2.75, 3.05) is 17.3 Å². The molecule has 0 bridgehead atoms. The summed E-state index contributed by atoms with van der Waals surface area (Å²) in [5, 5.41) is 3.60. The maximum absolute atomic E-state index is 16.1. The number of anilines is 2. The second kappa shape index (κ2) is 12.1. The summed E-state index contributed by atoms with van der Waals surface area (Å²) in [4.78, 5) is 6.84. The van der Waals surface area contributed by atoms with E-state index in [1.165, 1.54) is 41.5 Å². The highest BCUT2D eigenvalue weighted by molar-refractivity contribution is 5.84. The number of nitrogens with one attached hydrogen (secondary N) is 1. The first kappa shape index (κ1) is 28.9. The average Bonchev–Trinajstić information content (AvgIpc) is 2.98. The number of halogens is 3. The number of para-hydroxylation sites is 1. The number of pyridine rings is 1. The van der Waals surface area contributed by atoms with Crippen LogP contribution in [0.4, 0.5) is 24.5 Å². The van der Waals surface area contributed by atoms with Gasteiger partial charge in [0.15, 0.2) is 0 Å². The highest BCUT2D eigenvalue weighted by Crippen LogP contribution is 2.40. The Hall–Kier alpha value is -4.58. The molecule has 4 aromatic carbocycles. The van der Waals surface area contributed by atoms with Crippen molar-refractivity contribution in [2.45, 2.75) is 39.8 Å². The Morgan fingerprint density at radius 3 is 1.83 bits per heavy atom. The lowest BCUT2D eigenvalue weighted by Gasteiger charge is -2.30. The Bertz CT molecular complexity index is 1680. The molecule has 5 rings (SSSR count). The van der Waals surface area contributed by atoms with Crippen LogP contribution in [0.2, 0.25) is 0 Å². The Morgan fingerprint density at radius 1 is 0.667 bits per heavy atom. The van der Waals surface area contributed by atoms with Gasteiger partial charge in [0.05, 0.1) is 29.2 Å². The summed E-state index contributed by atoms with van der Waals surface area (Å²) in [5.41, 5.74) is 8.01. The zero-order chi connectivity index (χ0) is 30.0. The van der Waals surface area contributed by atoms with Gasteiger partial charge in [-0.2, -0.15) is 0 Å². The van der Waals surface area contributed by atoms with Crippen LogP contribution in [0, 0.1) is 31.3 Å². The van der Waals surface area contributed by atoms with Crippen molar-refractivity contribution in [3.8, 4) is 22.3 Å². The summed E-state index contributed by atoms with van der Waals surface area (Å²) in [6.07, 6.45) is 0. The van der Waals surface area contributed by atoms with Gasteiger partial charge in [-0.15, -0.1) is 0 Å². The summed E-state index contributed by atoms with van der Waals surface area (Å²) in [6.45, 7) is 8.22. The number of aromatic nitrogens is 1. The van der Waals surface area contributed by atoms with Crippen LogP contribution < -0.4 is 10.2 Å². The molecule has 0 aliphatic heterocycles. The lowest BCUT2D eigenvalue weighted by Crippen LogP contribution is -2.25. The van der Waals surface area contributed by atoms with E-state index in [1.807, 2.05) is 49.2 Å². The first-order valence-electron chi connectivity index (χ1n) is 14.0. The van der Waals surface area contributed by atoms with Crippen LogP contribution in [0.3, 0.4) is 0 Å². The standard InChI is InChI=1S/C36H34F3N3/c1-22-8-6-9-23(2)35(22)40-24(3)33-10-7-11-34(41-33)25(4)42(5)36-31(27-14-18-30(38)19-15-27)20-28(21-32(36)39)26-12-16-29(37)17-13-26/h6-21,24-25,40H,1-5H3. The number of nitrogens with zero attached hydrogens (tertiary/aromatic N) is 2. The lowest BCUT2D eigenvalue weighted by molar-refractivity contribution is 0.609. The third kappa shape index (κ3) is 6.03. The molecule has 0 spiro atoms. The predicted molar refractivity (Wildman–Crippen MR) is 166 cm³/mol. The molecule has 214 valence electrons. The van der Waals surface area contributed by atoms with E-state index in [-0.39, 0.29) is 23.7 Å². The van der Waals surface area contributed by atoms with E-state index in [4.69, 9.17) is 4.98 Å². The third-order valence-electron chi connectivity index (χ3n) is 7.84. The summed E-state index contributed by atoms with van der Waals surface area (Å²) < 4.78 is 43.5. The van der Waals surface area contributed by atoms with Gasteiger partial charge in [0.1, 0.15) is 17.5 Å². The van der Waals surface area contributed by atoms with Gasteiger partial charge in [0, 0.05) is 18.3 Å². The van der Waals surface area contributed by atoms with Gasteiger partial charge in [-0.1, -0.05) is 48.5 Å². The van der Waals surface area contributed by atoms with Crippen molar-refractivity contribution in [1.29, 1.82) is 0 Å². The van der Waals surface area contributed by atoms with Crippen LogP contribution in [-0.4, -0.2) is 12.0 Å².